The maximum absolute atomic E-state index is 5.70. The van der Waals surface area contributed by atoms with Gasteiger partial charge in [-0.2, -0.15) is 0 Å². The molecule has 0 amide bonds. The van der Waals surface area contributed by atoms with E-state index in [1.54, 1.807) is 11.3 Å². The van der Waals surface area contributed by atoms with Crippen LogP contribution >= 0.6 is 23.1 Å². The van der Waals surface area contributed by atoms with E-state index >= 15 is 0 Å². The fourth-order valence-electron chi connectivity index (χ4n) is 1.60. The lowest BCUT2D eigenvalue weighted by molar-refractivity contribution is 0.510. The third-order valence-corrected chi connectivity index (χ3v) is 4.46. The Morgan fingerprint density at radius 3 is 3.05 bits per heavy atom. The molecule has 0 aliphatic heterocycles. The lowest BCUT2D eigenvalue weighted by atomic mass is 10.5. The van der Waals surface area contributed by atoms with Crippen molar-refractivity contribution in [2.75, 3.05) is 0 Å². The monoisotopic (exact) mass is 307 g/mol. The molecule has 1 N–H and O–H groups in total. The molecule has 6 nitrogen and oxygen atoms in total. The third-order valence-electron chi connectivity index (χ3n) is 2.65. The van der Waals surface area contributed by atoms with E-state index in [1.807, 2.05) is 31.4 Å². The summed E-state index contributed by atoms with van der Waals surface area (Å²) in [5.41, 5.74) is 0. The van der Waals surface area contributed by atoms with Crippen molar-refractivity contribution in [1.82, 2.24) is 25.4 Å². The van der Waals surface area contributed by atoms with Crippen molar-refractivity contribution in [3.8, 4) is 10.8 Å². The number of aryl methyl sites for hydroxylation is 1. The lowest BCUT2D eigenvalue weighted by Gasteiger charge is -2.01. The molecular formula is C12H13N5OS2. The summed E-state index contributed by atoms with van der Waals surface area (Å²) in [6.07, 6.45) is 0.838. The van der Waals surface area contributed by atoms with Crippen molar-refractivity contribution in [3.63, 3.8) is 0 Å². The van der Waals surface area contributed by atoms with Crippen LogP contribution in [-0.2, 0) is 6.42 Å². The Labute approximate surface area is 124 Å². The van der Waals surface area contributed by atoms with Crippen molar-refractivity contribution in [2.45, 2.75) is 30.7 Å². The number of nitrogens with one attached hydrogen (secondary N) is 1. The summed E-state index contributed by atoms with van der Waals surface area (Å²) in [7, 11) is 0. The van der Waals surface area contributed by atoms with E-state index in [1.165, 1.54) is 11.8 Å². The quantitative estimate of drug-likeness (QED) is 0.728. The maximum Gasteiger partial charge on any atom is 0.257 e. The predicted octanol–water partition coefficient (Wildman–Crippen LogP) is 3.33. The molecule has 1 unspecified atom stereocenters. The maximum atomic E-state index is 5.70. The van der Waals surface area contributed by atoms with Crippen molar-refractivity contribution < 1.29 is 4.42 Å². The Bertz CT molecular complexity index is 676. The average Bonchev–Trinajstić information content (AvgIpc) is 3.19. The standard InChI is InChI=1S/C12H13N5OS2/c1-3-9-13-12(17-14-9)20-7(2)10-15-16-11(18-10)8-5-4-6-19-8/h4-7H,3H2,1-2H3,(H,13,14,17). The first-order valence-corrected chi connectivity index (χ1v) is 7.97. The Hall–Kier alpha value is -1.67. The number of nitrogens with zero attached hydrogens (tertiary/aromatic N) is 4. The van der Waals surface area contributed by atoms with Crippen molar-refractivity contribution in [1.29, 1.82) is 0 Å². The van der Waals surface area contributed by atoms with Crippen LogP contribution in [0.2, 0.25) is 0 Å². The highest BCUT2D eigenvalue weighted by molar-refractivity contribution is 7.99. The minimum Gasteiger partial charge on any atom is -0.419 e. The second-order valence-corrected chi connectivity index (χ2v) is 6.36. The van der Waals surface area contributed by atoms with Gasteiger partial charge in [0.1, 0.15) is 5.82 Å². The number of H-pyrrole nitrogens is 1. The van der Waals surface area contributed by atoms with Crippen LogP contribution in [0.15, 0.2) is 27.1 Å². The van der Waals surface area contributed by atoms with Crippen molar-refractivity contribution >= 4 is 23.1 Å². The van der Waals surface area contributed by atoms with Crippen molar-refractivity contribution in [2.24, 2.45) is 0 Å². The number of aromatic nitrogens is 5. The highest BCUT2D eigenvalue weighted by Crippen LogP contribution is 2.33. The number of aromatic amines is 1. The van der Waals surface area contributed by atoms with E-state index in [-0.39, 0.29) is 5.25 Å². The van der Waals surface area contributed by atoms with Gasteiger partial charge in [0, 0.05) is 6.42 Å². The van der Waals surface area contributed by atoms with Gasteiger partial charge in [0.05, 0.1) is 10.1 Å². The molecule has 0 bridgehead atoms. The summed E-state index contributed by atoms with van der Waals surface area (Å²) in [5.74, 6) is 2.03. The first-order valence-electron chi connectivity index (χ1n) is 6.21. The molecule has 0 fully saturated rings. The van der Waals surface area contributed by atoms with Gasteiger partial charge in [0.15, 0.2) is 0 Å². The molecule has 0 spiro atoms. The van der Waals surface area contributed by atoms with Gasteiger partial charge >= 0.3 is 0 Å². The second kappa shape index (κ2) is 5.76. The largest absolute Gasteiger partial charge is 0.419 e. The SMILES string of the molecule is CCc1nc(SC(C)c2nnc(-c3cccs3)o2)n[nH]1. The Morgan fingerprint density at radius 1 is 1.45 bits per heavy atom. The van der Waals surface area contributed by atoms with E-state index in [9.17, 15) is 0 Å². The van der Waals surface area contributed by atoms with Gasteiger partial charge in [-0.25, -0.2) is 4.98 Å². The molecule has 20 heavy (non-hydrogen) atoms. The summed E-state index contributed by atoms with van der Waals surface area (Å²) >= 11 is 3.08. The molecule has 0 aliphatic carbocycles. The van der Waals surface area contributed by atoms with E-state index in [4.69, 9.17) is 4.42 Å². The van der Waals surface area contributed by atoms with Crippen LogP contribution in [0.4, 0.5) is 0 Å². The molecule has 3 aromatic rings. The van der Waals surface area contributed by atoms with Gasteiger partial charge in [0.2, 0.25) is 11.0 Å². The van der Waals surface area contributed by atoms with Gasteiger partial charge in [-0.3, -0.25) is 5.10 Å². The molecule has 8 heteroatoms. The summed E-state index contributed by atoms with van der Waals surface area (Å²) in [5, 5.41) is 17.9. The number of hydrogen-bond acceptors (Lipinski definition) is 7. The first-order chi connectivity index (χ1) is 9.76. The summed E-state index contributed by atoms with van der Waals surface area (Å²) in [6, 6.07) is 3.92. The van der Waals surface area contributed by atoms with Gasteiger partial charge in [-0.05, 0) is 18.4 Å². The van der Waals surface area contributed by atoms with E-state index < -0.39 is 0 Å². The molecule has 1 atom stereocenters. The minimum absolute atomic E-state index is 0.0109. The molecule has 0 aliphatic rings. The fraction of sp³-hybridized carbons (Fsp3) is 0.333. The number of hydrogen-bond donors (Lipinski definition) is 1. The summed E-state index contributed by atoms with van der Waals surface area (Å²) < 4.78 is 5.70. The number of thiophene rings is 1. The van der Waals surface area contributed by atoms with Crippen molar-refractivity contribution in [3.05, 3.63) is 29.2 Å². The van der Waals surface area contributed by atoms with E-state index in [0.29, 0.717) is 16.9 Å². The number of thioether (sulfide) groups is 1. The molecule has 104 valence electrons. The smallest absolute Gasteiger partial charge is 0.257 e. The Morgan fingerprint density at radius 2 is 2.35 bits per heavy atom. The molecule has 3 rings (SSSR count). The third kappa shape index (κ3) is 2.75. The zero-order valence-corrected chi connectivity index (χ0v) is 12.7. The molecule has 0 saturated heterocycles. The van der Waals surface area contributed by atoms with Crippen LogP contribution in [0.3, 0.4) is 0 Å². The Kier molecular flexibility index (Phi) is 3.83. The van der Waals surface area contributed by atoms with Crippen LogP contribution in [0.1, 0.15) is 30.8 Å². The van der Waals surface area contributed by atoms with Gasteiger partial charge in [0.25, 0.3) is 5.89 Å². The topological polar surface area (TPSA) is 80.5 Å². The highest BCUT2D eigenvalue weighted by Gasteiger charge is 2.18. The van der Waals surface area contributed by atoms with Crippen LogP contribution in [0.5, 0.6) is 0 Å². The average molecular weight is 307 g/mol. The zero-order valence-electron chi connectivity index (χ0n) is 11.0. The molecule has 0 saturated carbocycles. The van der Waals surface area contributed by atoms with Crippen LogP contribution in [-0.4, -0.2) is 25.4 Å². The van der Waals surface area contributed by atoms with E-state index in [0.717, 1.165) is 17.1 Å². The molecule has 0 radical (unpaired) electrons. The molecule has 3 aromatic heterocycles. The van der Waals surface area contributed by atoms with Gasteiger partial charge in [-0.1, -0.05) is 24.8 Å². The van der Waals surface area contributed by atoms with E-state index in [2.05, 4.69) is 25.4 Å². The number of rotatable bonds is 5. The summed E-state index contributed by atoms with van der Waals surface area (Å²) in [4.78, 5) is 5.34. The van der Waals surface area contributed by atoms with Gasteiger partial charge in [-0.15, -0.1) is 26.6 Å². The Balaban J connectivity index is 1.72. The predicted molar refractivity (Wildman–Crippen MR) is 77.6 cm³/mol. The van der Waals surface area contributed by atoms with Gasteiger partial charge < -0.3 is 4.42 Å². The first kappa shape index (κ1) is 13.3. The second-order valence-electron chi connectivity index (χ2n) is 4.10. The normalized spacial score (nSPS) is 12.7. The highest BCUT2D eigenvalue weighted by atomic mass is 32.2. The minimum atomic E-state index is 0.0109. The fourth-order valence-corrected chi connectivity index (χ4v) is 3.01. The molecule has 3 heterocycles. The molecule has 0 aromatic carbocycles. The van der Waals surface area contributed by atoms with Crippen LogP contribution in [0, 0.1) is 0 Å². The van der Waals surface area contributed by atoms with Crippen LogP contribution < -0.4 is 0 Å². The summed E-state index contributed by atoms with van der Waals surface area (Å²) in [6.45, 7) is 4.03. The molecular weight excluding hydrogens is 294 g/mol. The lowest BCUT2D eigenvalue weighted by Crippen LogP contribution is -1.89. The zero-order chi connectivity index (χ0) is 13.9. The van der Waals surface area contributed by atoms with Crippen LogP contribution in [0.25, 0.3) is 10.8 Å².